The summed E-state index contributed by atoms with van der Waals surface area (Å²) in [5, 5.41) is 10.7. The summed E-state index contributed by atoms with van der Waals surface area (Å²) < 4.78 is 7.13. The van der Waals surface area contributed by atoms with Crippen molar-refractivity contribution in [3.05, 3.63) is 36.3 Å². The Kier molecular flexibility index (Phi) is 5.75. The molecule has 0 bridgehead atoms. The summed E-state index contributed by atoms with van der Waals surface area (Å²) in [6, 6.07) is 4.02. The van der Waals surface area contributed by atoms with Gasteiger partial charge >= 0.3 is 6.09 Å². The van der Waals surface area contributed by atoms with E-state index in [4.69, 9.17) is 9.72 Å². The predicted octanol–water partition coefficient (Wildman–Crippen LogP) is 3.61. The number of alkyl carbamates (subject to hydrolysis) is 1. The minimum atomic E-state index is -0.500. The molecule has 1 fully saturated rings. The number of amides is 1. The Bertz CT molecular complexity index is 1070. The van der Waals surface area contributed by atoms with E-state index in [2.05, 4.69) is 32.6 Å². The summed E-state index contributed by atoms with van der Waals surface area (Å²) in [6.07, 6.45) is 8.59. The Balaban J connectivity index is 1.41. The molecule has 1 unspecified atom stereocenters. The number of hydrogen-bond donors (Lipinski definition) is 2. The van der Waals surface area contributed by atoms with Crippen LogP contribution in [0, 0.1) is 0 Å². The monoisotopic (exact) mass is 423 g/mol. The maximum atomic E-state index is 12.0. The van der Waals surface area contributed by atoms with E-state index < -0.39 is 5.60 Å². The summed E-state index contributed by atoms with van der Waals surface area (Å²) in [6.45, 7) is 7.67. The second kappa shape index (κ2) is 8.49. The Morgan fingerprint density at radius 2 is 1.97 bits per heavy atom. The summed E-state index contributed by atoms with van der Waals surface area (Å²) in [7, 11) is 0. The zero-order valence-electron chi connectivity index (χ0n) is 18.4. The molecular weight excluding hydrogens is 394 g/mol. The largest absolute Gasteiger partial charge is 0.444 e. The highest BCUT2D eigenvalue weighted by Crippen LogP contribution is 2.24. The highest BCUT2D eigenvalue weighted by atomic mass is 16.6. The molecule has 9 heteroatoms. The number of nitrogens with one attached hydrogen (secondary N) is 2. The van der Waals surface area contributed by atoms with Crippen molar-refractivity contribution in [3.63, 3.8) is 0 Å². The molecule has 3 aromatic heterocycles. The molecule has 0 radical (unpaired) electrons. The number of aryl methyl sites for hydroxylation is 1. The fourth-order valence-corrected chi connectivity index (χ4v) is 3.78. The molecule has 164 valence electrons. The summed E-state index contributed by atoms with van der Waals surface area (Å²) in [4.78, 5) is 25.8. The van der Waals surface area contributed by atoms with Gasteiger partial charge in [-0.2, -0.15) is 5.10 Å². The fourth-order valence-electron chi connectivity index (χ4n) is 3.78. The van der Waals surface area contributed by atoms with E-state index in [9.17, 15) is 4.79 Å². The van der Waals surface area contributed by atoms with Crippen molar-refractivity contribution in [1.82, 2.24) is 29.9 Å². The molecule has 9 nitrogen and oxygen atoms in total. The van der Waals surface area contributed by atoms with Crippen molar-refractivity contribution < 1.29 is 9.53 Å². The number of hydrogen-bond acceptors (Lipinski definition) is 7. The van der Waals surface area contributed by atoms with Crippen LogP contribution in [0.15, 0.2) is 30.7 Å². The Morgan fingerprint density at radius 1 is 1.19 bits per heavy atom. The fraction of sp³-hybridized carbons (Fsp3) is 0.500. The number of ether oxygens (including phenoxy) is 1. The van der Waals surface area contributed by atoms with Gasteiger partial charge in [0.15, 0.2) is 5.65 Å². The van der Waals surface area contributed by atoms with Crippen LogP contribution in [0.1, 0.15) is 52.5 Å². The molecule has 4 rings (SSSR count). The van der Waals surface area contributed by atoms with Crippen molar-refractivity contribution in [1.29, 1.82) is 0 Å². The average molecular weight is 424 g/mol. The predicted molar refractivity (Wildman–Crippen MR) is 118 cm³/mol. The third kappa shape index (κ3) is 5.10. The molecule has 31 heavy (non-hydrogen) atoms. The van der Waals surface area contributed by atoms with Crippen molar-refractivity contribution in [2.75, 3.05) is 5.32 Å². The first-order chi connectivity index (χ1) is 14.8. The molecule has 1 aliphatic rings. The molecule has 2 N–H and O–H groups in total. The molecule has 1 amide bonds. The van der Waals surface area contributed by atoms with Gasteiger partial charge in [-0.3, -0.25) is 0 Å². The number of carbonyl (C=O) groups is 1. The van der Waals surface area contributed by atoms with E-state index in [1.165, 1.54) is 0 Å². The lowest BCUT2D eigenvalue weighted by molar-refractivity contribution is 0.0505. The Morgan fingerprint density at radius 3 is 2.74 bits per heavy atom. The quantitative estimate of drug-likeness (QED) is 0.646. The van der Waals surface area contributed by atoms with Crippen molar-refractivity contribution in [3.8, 4) is 11.4 Å². The number of nitrogens with zero attached hydrogens (tertiary/aromatic N) is 5. The van der Waals surface area contributed by atoms with E-state index >= 15 is 0 Å². The van der Waals surface area contributed by atoms with Crippen LogP contribution in [-0.4, -0.2) is 48.3 Å². The zero-order chi connectivity index (χ0) is 22.0. The van der Waals surface area contributed by atoms with Crippen LogP contribution < -0.4 is 10.6 Å². The Labute approximate surface area is 181 Å². The maximum absolute atomic E-state index is 12.0. The third-order valence-electron chi connectivity index (χ3n) is 5.23. The van der Waals surface area contributed by atoms with Crippen molar-refractivity contribution >= 4 is 17.7 Å². The summed E-state index contributed by atoms with van der Waals surface area (Å²) >= 11 is 0. The highest BCUT2D eigenvalue weighted by Gasteiger charge is 2.28. The molecular formula is C22H29N7O2. The molecule has 2 atom stereocenters. The van der Waals surface area contributed by atoms with Crippen molar-refractivity contribution in [2.45, 2.75) is 71.1 Å². The number of anilines is 1. The maximum Gasteiger partial charge on any atom is 0.407 e. The van der Waals surface area contributed by atoms with E-state index in [0.717, 1.165) is 48.3 Å². The normalized spacial score (nSPS) is 18.8. The smallest absolute Gasteiger partial charge is 0.407 e. The van der Waals surface area contributed by atoms with Gasteiger partial charge in [0.1, 0.15) is 5.60 Å². The average Bonchev–Trinajstić information content (AvgIpc) is 3.32. The summed E-state index contributed by atoms with van der Waals surface area (Å²) in [5.41, 5.74) is 2.98. The van der Waals surface area contributed by atoms with Gasteiger partial charge in [0.05, 0.1) is 17.6 Å². The topological polar surface area (TPSA) is 106 Å². The van der Waals surface area contributed by atoms with Crippen LogP contribution in [0.3, 0.4) is 0 Å². The van der Waals surface area contributed by atoms with Gasteiger partial charge in [0.2, 0.25) is 5.95 Å². The lowest BCUT2D eigenvalue weighted by Gasteiger charge is -2.21. The lowest BCUT2D eigenvalue weighted by Crippen LogP contribution is -2.38. The van der Waals surface area contributed by atoms with Crippen LogP contribution in [0.4, 0.5) is 10.7 Å². The number of fused-ring (bicyclic) bond motifs is 1. The van der Waals surface area contributed by atoms with Crippen LogP contribution in [-0.2, 0) is 11.2 Å². The second-order valence-electron chi connectivity index (χ2n) is 8.87. The molecule has 0 spiro atoms. The van der Waals surface area contributed by atoms with E-state index in [0.29, 0.717) is 5.95 Å². The van der Waals surface area contributed by atoms with Gasteiger partial charge in [0, 0.05) is 30.0 Å². The lowest BCUT2D eigenvalue weighted by atomic mass is 10.2. The van der Waals surface area contributed by atoms with Crippen LogP contribution in [0.25, 0.3) is 17.0 Å². The molecule has 0 aromatic carbocycles. The summed E-state index contributed by atoms with van der Waals surface area (Å²) in [5.74, 6) is 0.561. The first-order valence-corrected chi connectivity index (χ1v) is 10.7. The highest BCUT2D eigenvalue weighted by molar-refractivity contribution is 5.68. The van der Waals surface area contributed by atoms with Gasteiger partial charge in [0.25, 0.3) is 0 Å². The van der Waals surface area contributed by atoms with E-state index in [1.54, 1.807) is 10.7 Å². The van der Waals surface area contributed by atoms with Gasteiger partial charge in [-0.25, -0.2) is 24.3 Å². The van der Waals surface area contributed by atoms with Crippen LogP contribution >= 0.6 is 0 Å². The molecule has 0 saturated heterocycles. The zero-order valence-corrected chi connectivity index (χ0v) is 18.4. The Hall–Kier alpha value is -3.23. The van der Waals surface area contributed by atoms with Gasteiger partial charge < -0.3 is 15.4 Å². The van der Waals surface area contributed by atoms with Gasteiger partial charge in [-0.15, -0.1) is 0 Å². The van der Waals surface area contributed by atoms with Gasteiger partial charge in [-0.1, -0.05) is 6.92 Å². The number of carbonyl (C=O) groups excluding carboxylic acids is 1. The molecule has 0 aliphatic heterocycles. The van der Waals surface area contributed by atoms with Crippen LogP contribution in [0.5, 0.6) is 0 Å². The molecule has 3 aromatic rings. The standard InChI is InChI=1S/C22H29N7O2/c1-5-14-13-24-29-11-9-18(27-19(14)29)17-8-10-23-20(28-17)25-15-6-7-16(12-15)26-21(30)31-22(2,3)4/h8-11,13,15-16H,5-7,12H2,1-4H3,(H,26,30)(H,23,25,28)/t15?,16-/m0/s1. The van der Waals surface area contributed by atoms with E-state index in [-0.39, 0.29) is 18.2 Å². The van der Waals surface area contributed by atoms with Gasteiger partial charge in [-0.05, 0) is 58.6 Å². The second-order valence-corrected chi connectivity index (χ2v) is 8.87. The van der Waals surface area contributed by atoms with Crippen LogP contribution in [0.2, 0.25) is 0 Å². The first-order valence-electron chi connectivity index (χ1n) is 10.7. The van der Waals surface area contributed by atoms with Crippen molar-refractivity contribution in [2.24, 2.45) is 0 Å². The third-order valence-corrected chi connectivity index (χ3v) is 5.23. The number of aromatic nitrogens is 5. The minimum absolute atomic E-state index is 0.0777. The number of rotatable bonds is 5. The molecule has 3 heterocycles. The minimum Gasteiger partial charge on any atom is -0.444 e. The first kappa shape index (κ1) is 21.0. The molecule has 1 saturated carbocycles. The molecule has 1 aliphatic carbocycles. The SMILES string of the molecule is CCc1cnn2ccc(-c3ccnc(NC4CC[C@H](NC(=O)OC(C)(C)C)C4)n3)nc12. The van der Waals surface area contributed by atoms with E-state index in [1.807, 2.05) is 45.3 Å².